The minimum atomic E-state index is 0.0740. The average Bonchev–Trinajstić information content (AvgIpc) is 2.80. The van der Waals surface area contributed by atoms with E-state index >= 15 is 0 Å². The van der Waals surface area contributed by atoms with Crippen molar-refractivity contribution >= 4 is 11.3 Å². The number of nitrogens with one attached hydrogen (secondary N) is 1. The van der Waals surface area contributed by atoms with Crippen LogP contribution in [0.15, 0.2) is 5.38 Å². The largest absolute Gasteiger partial charge is 0.314 e. The molecule has 1 aromatic rings. The van der Waals surface area contributed by atoms with Crippen LogP contribution in [0.1, 0.15) is 37.9 Å². The third-order valence-corrected chi connectivity index (χ3v) is 4.46. The molecule has 0 unspecified atom stereocenters. The number of piperazine rings is 1. The summed E-state index contributed by atoms with van der Waals surface area (Å²) in [5.74, 6) is 0. The maximum absolute atomic E-state index is 4.80. The molecule has 0 bridgehead atoms. The number of nitrogens with zero attached hydrogens (tertiary/aromatic N) is 2. The van der Waals surface area contributed by atoms with Gasteiger partial charge in [-0.1, -0.05) is 6.92 Å². The number of rotatable bonds is 4. The number of aromatic nitrogens is 1. The van der Waals surface area contributed by atoms with E-state index in [0.717, 1.165) is 32.6 Å². The maximum atomic E-state index is 4.80. The highest BCUT2D eigenvalue weighted by Gasteiger charge is 2.31. The summed E-state index contributed by atoms with van der Waals surface area (Å²) in [5.41, 5.74) is 1.32. The Labute approximate surface area is 108 Å². The van der Waals surface area contributed by atoms with Crippen LogP contribution in [-0.2, 0) is 12.0 Å². The summed E-state index contributed by atoms with van der Waals surface area (Å²) in [4.78, 5) is 7.34. The third kappa shape index (κ3) is 2.87. The molecule has 1 aliphatic rings. The van der Waals surface area contributed by atoms with Crippen molar-refractivity contribution in [2.24, 2.45) is 0 Å². The highest BCUT2D eigenvalue weighted by Crippen LogP contribution is 2.29. The smallest absolute Gasteiger partial charge is 0.0929 e. The second-order valence-electron chi connectivity index (χ2n) is 5.17. The van der Waals surface area contributed by atoms with Gasteiger partial charge >= 0.3 is 0 Å². The first-order chi connectivity index (χ1) is 8.14. The van der Waals surface area contributed by atoms with E-state index in [4.69, 9.17) is 4.98 Å². The number of hydrogen-bond acceptors (Lipinski definition) is 4. The summed E-state index contributed by atoms with van der Waals surface area (Å²) in [6, 6.07) is 0. The van der Waals surface area contributed by atoms with Crippen molar-refractivity contribution in [2.45, 2.75) is 39.2 Å². The second-order valence-corrected chi connectivity index (χ2v) is 6.12. The van der Waals surface area contributed by atoms with Crippen LogP contribution in [0.5, 0.6) is 0 Å². The lowest BCUT2D eigenvalue weighted by molar-refractivity contribution is 0.0992. The molecule has 2 heterocycles. The summed E-state index contributed by atoms with van der Waals surface area (Å²) < 4.78 is 0. The van der Waals surface area contributed by atoms with Crippen molar-refractivity contribution < 1.29 is 0 Å². The van der Waals surface area contributed by atoms with Crippen molar-refractivity contribution in [1.82, 2.24) is 15.2 Å². The normalized spacial score (nSPS) is 18.5. The van der Waals surface area contributed by atoms with Gasteiger partial charge in [-0.15, -0.1) is 11.3 Å². The van der Waals surface area contributed by atoms with Gasteiger partial charge in [0.1, 0.15) is 0 Å². The summed E-state index contributed by atoms with van der Waals surface area (Å²) in [6.45, 7) is 11.2. The quantitative estimate of drug-likeness (QED) is 0.892. The Morgan fingerprint density at radius 1 is 1.41 bits per heavy atom. The molecule has 96 valence electrons. The second kappa shape index (κ2) is 5.46. The molecule has 0 radical (unpaired) electrons. The van der Waals surface area contributed by atoms with E-state index in [1.165, 1.54) is 17.1 Å². The number of aryl methyl sites for hydroxylation is 1. The molecule has 3 nitrogen and oxygen atoms in total. The van der Waals surface area contributed by atoms with Crippen LogP contribution in [-0.4, -0.2) is 36.1 Å². The summed E-state index contributed by atoms with van der Waals surface area (Å²) in [5, 5.41) is 6.93. The molecular formula is C13H23N3S. The van der Waals surface area contributed by atoms with E-state index in [9.17, 15) is 0 Å². The fraction of sp³-hybridized carbons (Fsp3) is 0.769. The van der Waals surface area contributed by atoms with Gasteiger partial charge < -0.3 is 5.32 Å². The van der Waals surface area contributed by atoms with Gasteiger partial charge in [0, 0.05) is 31.6 Å². The number of thiazole rings is 1. The van der Waals surface area contributed by atoms with E-state index in [0.29, 0.717) is 0 Å². The van der Waals surface area contributed by atoms with Crippen LogP contribution >= 0.6 is 11.3 Å². The summed E-state index contributed by atoms with van der Waals surface area (Å²) in [6.07, 6.45) is 2.29. The van der Waals surface area contributed by atoms with E-state index < -0.39 is 0 Å². The Bertz CT molecular complexity index is 353. The average molecular weight is 253 g/mol. The molecular weight excluding hydrogens is 230 g/mol. The van der Waals surface area contributed by atoms with Gasteiger partial charge in [-0.2, -0.15) is 0 Å². The van der Waals surface area contributed by atoms with Crippen molar-refractivity contribution in [3.63, 3.8) is 0 Å². The zero-order valence-corrected chi connectivity index (χ0v) is 11.9. The zero-order valence-electron chi connectivity index (χ0n) is 11.1. The molecule has 0 atom stereocenters. The molecule has 0 aliphatic carbocycles. The summed E-state index contributed by atoms with van der Waals surface area (Å²) >= 11 is 1.81. The monoisotopic (exact) mass is 253 g/mol. The van der Waals surface area contributed by atoms with Crippen molar-refractivity contribution in [3.05, 3.63) is 16.1 Å². The third-order valence-electron chi connectivity index (χ3n) is 3.55. The Morgan fingerprint density at radius 2 is 2.12 bits per heavy atom. The summed E-state index contributed by atoms with van der Waals surface area (Å²) in [7, 11) is 0. The topological polar surface area (TPSA) is 28.2 Å². The molecule has 0 spiro atoms. The van der Waals surface area contributed by atoms with Crippen LogP contribution in [0, 0.1) is 0 Å². The lowest BCUT2D eigenvalue weighted by Gasteiger charge is -2.40. The van der Waals surface area contributed by atoms with Gasteiger partial charge in [-0.25, -0.2) is 4.98 Å². The molecule has 0 amide bonds. The van der Waals surface area contributed by atoms with E-state index in [1.54, 1.807) is 0 Å². The Hall–Kier alpha value is -0.450. The fourth-order valence-corrected chi connectivity index (χ4v) is 3.37. The van der Waals surface area contributed by atoms with Crippen molar-refractivity contribution in [1.29, 1.82) is 0 Å². The van der Waals surface area contributed by atoms with Gasteiger partial charge in [0.15, 0.2) is 0 Å². The molecule has 0 aromatic carbocycles. The van der Waals surface area contributed by atoms with Crippen molar-refractivity contribution in [3.8, 4) is 0 Å². The van der Waals surface area contributed by atoms with E-state index in [2.05, 4.69) is 36.4 Å². The molecule has 0 saturated carbocycles. The van der Waals surface area contributed by atoms with Gasteiger partial charge in [0.05, 0.1) is 16.2 Å². The minimum Gasteiger partial charge on any atom is -0.314 e. The molecule has 2 rings (SSSR count). The van der Waals surface area contributed by atoms with Crippen LogP contribution in [0.25, 0.3) is 0 Å². The first-order valence-electron chi connectivity index (χ1n) is 6.55. The van der Waals surface area contributed by atoms with Crippen LogP contribution in [0.4, 0.5) is 0 Å². The van der Waals surface area contributed by atoms with E-state index in [-0.39, 0.29) is 5.54 Å². The van der Waals surface area contributed by atoms with Gasteiger partial charge in [0.25, 0.3) is 0 Å². The molecule has 1 saturated heterocycles. The first-order valence-corrected chi connectivity index (χ1v) is 7.43. The van der Waals surface area contributed by atoms with Gasteiger partial charge in [-0.3, -0.25) is 4.90 Å². The lowest BCUT2D eigenvalue weighted by atomic mass is 9.98. The van der Waals surface area contributed by atoms with Crippen LogP contribution in [0.2, 0.25) is 0 Å². The van der Waals surface area contributed by atoms with Gasteiger partial charge in [0.2, 0.25) is 0 Å². The van der Waals surface area contributed by atoms with Gasteiger partial charge in [-0.05, 0) is 26.7 Å². The molecule has 1 aliphatic heterocycles. The zero-order chi connectivity index (χ0) is 12.3. The predicted molar refractivity (Wildman–Crippen MR) is 73.6 cm³/mol. The SMILES string of the molecule is CCCc1nc(C(C)(C)N2CCNCC2)cs1. The molecule has 1 N–H and O–H groups in total. The Balaban J connectivity index is 2.11. The highest BCUT2D eigenvalue weighted by atomic mass is 32.1. The first kappa shape index (κ1) is 13.0. The Morgan fingerprint density at radius 3 is 2.76 bits per heavy atom. The molecule has 1 aromatic heterocycles. The molecule has 17 heavy (non-hydrogen) atoms. The predicted octanol–water partition coefficient (Wildman–Crippen LogP) is 2.24. The number of hydrogen-bond donors (Lipinski definition) is 1. The minimum absolute atomic E-state index is 0.0740. The standard InChI is InChI=1S/C13H23N3S/c1-4-5-12-15-11(10-17-12)13(2,3)16-8-6-14-7-9-16/h10,14H,4-9H2,1-3H3. The lowest BCUT2D eigenvalue weighted by Crippen LogP contribution is -2.51. The molecule has 1 fully saturated rings. The van der Waals surface area contributed by atoms with Crippen LogP contribution in [0.3, 0.4) is 0 Å². The highest BCUT2D eigenvalue weighted by molar-refractivity contribution is 7.09. The van der Waals surface area contributed by atoms with Crippen LogP contribution < -0.4 is 5.32 Å². The van der Waals surface area contributed by atoms with Crippen molar-refractivity contribution in [2.75, 3.05) is 26.2 Å². The Kier molecular flexibility index (Phi) is 4.17. The maximum Gasteiger partial charge on any atom is 0.0929 e. The molecule has 4 heteroatoms. The van der Waals surface area contributed by atoms with E-state index in [1.807, 2.05) is 11.3 Å². The fourth-order valence-electron chi connectivity index (χ4n) is 2.31.